The van der Waals surface area contributed by atoms with Crippen molar-refractivity contribution >= 4 is 27.0 Å². The Kier molecular flexibility index (Phi) is 3.80. The highest BCUT2D eigenvalue weighted by atomic mass is 79.9. The normalized spacial score (nSPS) is 20.2. The standard InChI is InChI=1S/C15H18BrN3/c1-11-3-2-5-19(11)6-4-12-7-14-15(17-9-12)8-13(16)10-18-14/h7-11H,2-6H2,1H3/t11-/m1/s1. The van der Waals surface area contributed by atoms with Gasteiger partial charge >= 0.3 is 0 Å². The number of likely N-dealkylation sites (tertiary alicyclic amines) is 1. The molecule has 2 aromatic rings. The maximum Gasteiger partial charge on any atom is 0.0898 e. The van der Waals surface area contributed by atoms with Crippen LogP contribution < -0.4 is 0 Å². The highest BCUT2D eigenvalue weighted by Crippen LogP contribution is 2.19. The van der Waals surface area contributed by atoms with Crippen LogP contribution in [0.2, 0.25) is 0 Å². The van der Waals surface area contributed by atoms with Gasteiger partial charge in [-0.2, -0.15) is 0 Å². The first kappa shape index (κ1) is 13.0. The van der Waals surface area contributed by atoms with Crippen molar-refractivity contribution in [1.29, 1.82) is 0 Å². The van der Waals surface area contributed by atoms with Gasteiger partial charge in [0.25, 0.3) is 0 Å². The zero-order chi connectivity index (χ0) is 13.2. The number of pyridine rings is 2. The van der Waals surface area contributed by atoms with Crippen molar-refractivity contribution in [2.75, 3.05) is 13.1 Å². The third kappa shape index (κ3) is 2.95. The fraction of sp³-hybridized carbons (Fsp3) is 0.467. The summed E-state index contributed by atoms with van der Waals surface area (Å²) in [6, 6.07) is 4.91. The summed E-state index contributed by atoms with van der Waals surface area (Å²) in [4.78, 5) is 11.5. The van der Waals surface area contributed by atoms with Gasteiger partial charge in [-0.05, 0) is 66.4 Å². The molecule has 1 aliphatic heterocycles. The summed E-state index contributed by atoms with van der Waals surface area (Å²) >= 11 is 3.42. The molecule has 19 heavy (non-hydrogen) atoms. The summed E-state index contributed by atoms with van der Waals surface area (Å²) in [7, 11) is 0. The molecule has 4 heteroatoms. The van der Waals surface area contributed by atoms with Crippen LogP contribution in [0.5, 0.6) is 0 Å². The molecular formula is C15H18BrN3. The first-order valence-corrected chi connectivity index (χ1v) is 7.66. The van der Waals surface area contributed by atoms with Crippen molar-refractivity contribution < 1.29 is 0 Å². The minimum atomic E-state index is 0.738. The van der Waals surface area contributed by atoms with Crippen LogP contribution in [0.15, 0.2) is 29.0 Å². The molecule has 0 amide bonds. The lowest BCUT2D eigenvalue weighted by Crippen LogP contribution is -2.28. The first-order chi connectivity index (χ1) is 9.22. The van der Waals surface area contributed by atoms with Gasteiger partial charge in [-0.1, -0.05) is 0 Å². The van der Waals surface area contributed by atoms with E-state index in [1.165, 1.54) is 24.9 Å². The van der Waals surface area contributed by atoms with Gasteiger partial charge in [0.2, 0.25) is 0 Å². The van der Waals surface area contributed by atoms with Crippen LogP contribution in [0.1, 0.15) is 25.3 Å². The van der Waals surface area contributed by atoms with Crippen LogP contribution in [-0.4, -0.2) is 34.0 Å². The average Bonchev–Trinajstić information content (AvgIpc) is 2.82. The van der Waals surface area contributed by atoms with Gasteiger partial charge in [-0.3, -0.25) is 9.97 Å². The number of hydrogen-bond acceptors (Lipinski definition) is 3. The van der Waals surface area contributed by atoms with E-state index in [0.717, 1.165) is 34.5 Å². The second kappa shape index (κ2) is 5.55. The highest BCUT2D eigenvalue weighted by molar-refractivity contribution is 9.10. The van der Waals surface area contributed by atoms with Gasteiger partial charge in [0.15, 0.2) is 0 Å². The third-order valence-electron chi connectivity index (χ3n) is 3.93. The second-order valence-corrected chi connectivity index (χ2v) is 6.23. The van der Waals surface area contributed by atoms with Crippen molar-refractivity contribution in [3.05, 3.63) is 34.6 Å². The second-order valence-electron chi connectivity index (χ2n) is 5.31. The number of hydrogen-bond donors (Lipinski definition) is 0. The molecule has 1 fully saturated rings. The van der Waals surface area contributed by atoms with Gasteiger partial charge in [0.05, 0.1) is 11.0 Å². The van der Waals surface area contributed by atoms with Crippen molar-refractivity contribution in [1.82, 2.24) is 14.9 Å². The fourth-order valence-corrected chi connectivity index (χ4v) is 3.07. The third-order valence-corrected chi connectivity index (χ3v) is 4.37. The Labute approximate surface area is 122 Å². The first-order valence-electron chi connectivity index (χ1n) is 6.86. The van der Waals surface area contributed by atoms with E-state index in [1.54, 1.807) is 0 Å². The monoisotopic (exact) mass is 319 g/mol. The summed E-state index contributed by atoms with van der Waals surface area (Å²) < 4.78 is 0.978. The Balaban J connectivity index is 1.72. The molecule has 100 valence electrons. The molecule has 3 nitrogen and oxygen atoms in total. The zero-order valence-electron chi connectivity index (χ0n) is 11.1. The molecule has 1 aliphatic rings. The number of aromatic nitrogens is 2. The maximum atomic E-state index is 4.50. The van der Waals surface area contributed by atoms with Gasteiger partial charge < -0.3 is 4.90 Å². The zero-order valence-corrected chi connectivity index (χ0v) is 12.7. The Morgan fingerprint density at radius 2 is 2.05 bits per heavy atom. The van der Waals surface area contributed by atoms with E-state index in [9.17, 15) is 0 Å². The minimum Gasteiger partial charge on any atom is -0.300 e. The molecule has 1 saturated heterocycles. The van der Waals surface area contributed by atoms with E-state index in [2.05, 4.69) is 43.8 Å². The van der Waals surface area contributed by atoms with Crippen LogP contribution in [0.25, 0.3) is 11.0 Å². The summed E-state index contributed by atoms with van der Waals surface area (Å²) in [5.74, 6) is 0. The molecule has 2 aromatic heterocycles. The molecule has 0 N–H and O–H groups in total. The molecule has 0 unspecified atom stereocenters. The van der Waals surface area contributed by atoms with E-state index in [4.69, 9.17) is 0 Å². The van der Waals surface area contributed by atoms with Gasteiger partial charge in [0, 0.05) is 29.5 Å². The van der Waals surface area contributed by atoms with Crippen molar-refractivity contribution in [2.45, 2.75) is 32.2 Å². The molecule has 3 heterocycles. The Hall–Kier alpha value is -1.00. The minimum absolute atomic E-state index is 0.738. The summed E-state index contributed by atoms with van der Waals surface area (Å²) in [5, 5.41) is 0. The largest absolute Gasteiger partial charge is 0.300 e. The molecule has 3 rings (SSSR count). The van der Waals surface area contributed by atoms with E-state index < -0.39 is 0 Å². The van der Waals surface area contributed by atoms with Crippen LogP contribution in [-0.2, 0) is 6.42 Å². The predicted octanol–water partition coefficient (Wildman–Crippen LogP) is 3.42. The van der Waals surface area contributed by atoms with Crippen LogP contribution in [0.3, 0.4) is 0 Å². The summed E-state index contributed by atoms with van der Waals surface area (Å²) in [6.45, 7) is 4.70. The van der Waals surface area contributed by atoms with E-state index >= 15 is 0 Å². The van der Waals surface area contributed by atoms with Crippen molar-refractivity contribution in [2.24, 2.45) is 0 Å². The SMILES string of the molecule is C[C@@H]1CCCN1CCc1cnc2cc(Br)cnc2c1. The van der Waals surface area contributed by atoms with Gasteiger partial charge in [-0.25, -0.2) is 0 Å². The molecule has 0 spiro atoms. The Bertz CT molecular complexity index is 585. The smallest absolute Gasteiger partial charge is 0.0898 e. The molecule has 0 saturated carbocycles. The lowest BCUT2D eigenvalue weighted by Gasteiger charge is -2.20. The molecule has 0 bridgehead atoms. The lowest BCUT2D eigenvalue weighted by atomic mass is 10.1. The van der Waals surface area contributed by atoms with Crippen molar-refractivity contribution in [3.63, 3.8) is 0 Å². The van der Waals surface area contributed by atoms with Gasteiger partial charge in [0.1, 0.15) is 0 Å². The van der Waals surface area contributed by atoms with Crippen molar-refractivity contribution in [3.8, 4) is 0 Å². The van der Waals surface area contributed by atoms with Crippen LogP contribution in [0, 0.1) is 0 Å². The number of fused-ring (bicyclic) bond motifs is 1. The Morgan fingerprint density at radius 1 is 1.26 bits per heavy atom. The van der Waals surface area contributed by atoms with Crippen LogP contribution >= 0.6 is 15.9 Å². The highest BCUT2D eigenvalue weighted by Gasteiger charge is 2.19. The topological polar surface area (TPSA) is 29.0 Å². The lowest BCUT2D eigenvalue weighted by molar-refractivity contribution is 0.272. The van der Waals surface area contributed by atoms with E-state index in [-0.39, 0.29) is 0 Å². The van der Waals surface area contributed by atoms with Crippen LogP contribution in [0.4, 0.5) is 0 Å². The molecule has 0 aliphatic carbocycles. The predicted molar refractivity (Wildman–Crippen MR) is 81.2 cm³/mol. The number of rotatable bonds is 3. The fourth-order valence-electron chi connectivity index (χ4n) is 2.75. The quantitative estimate of drug-likeness (QED) is 0.868. The molecule has 0 radical (unpaired) electrons. The molecule has 1 atom stereocenters. The molecule has 0 aromatic carbocycles. The average molecular weight is 320 g/mol. The van der Waals surface area contributed by atoms with Gasteiger partial charge in [-0.15, -0.1) is 0 Å². The molecular weight excluding hydrogens is 302 g/mol. The van der Waals surface area contributed by atoms with E-state index in [1.807, 2.05) is 18.5 Å². The van der Waals surface area contributed by atoms with E-state index in [0.29, 0.717) is 0 Å². The number of nitrogens with zero attached hydrogens (tertiary/aromatic N) is 3. The summed E-state index contributed by atoms with van der Waals surface area (Å²) in [6.07, 6.45) is 7.55. The maximum absolute atomic E-state index is 4.50. The summed E-state index contributed by atoms with van der Waals surface area (Å²) in [5.41, 5.74) is 3.21. The Morgan fingerprint density at radius 3 is 2.84 bits per heavy atom. The number of halogens is 1.